The van der Waals surface area contributed by atoms with Crippen molar-refractivity contribution in [3.05, 3.63) is 35.4 Å². The van der Waals surface area contributed by atoms with E-state index in [2.05, 4.69) is 36.6 Å². The molecule has 0 spiro atoms. The second-order valence-electron chi connectivity index (χ2n) is 5.46. The molecular weight excluding hydrogens is 298 g/mol. The minimum atomic E-state index is -0.542. The summed E-state index contributed by atoms with van der Waals surface area (Å²) in [6.45, 7) is 4.71. The van der Waals surface area contributed by atoms with Crippen molar-refractivity contribution in [1.29, 1.82) is 0 Å². The first kappa shape index (κ1) is 18.1. The Morgan fingerprint density at radius 3 is 2.41 bits per heavy atom. The molecule has 0 fully saturated rings. The third-order valence-corrected chi connectivity index (χ3v) is 3.51. The third-order valence-electron chi connectivity index (χ3n) is 3.38. The summed E-state index contributed by atoms with van der Waals surface area (Å²) in [7, 11) is 0. The molecule has 0 aromatic heterocycles. The third kappa shape index (κ3) is 6.22. The van der Waals surface area contributed by atoms with E-state index in [1.165, 1.54) is 11.1 Å². The summed E-state index contributed by atoms with van der Waals surface area (Å²) in [6, 6.07) is 7.58. The van der Waals surface area contributed by atoms with Crippen LogP contribution in [0.3, 0.4) is 0 Å². The Kier molecular flexibility index (Phi) is 7.52. The molecule has 0 aliphatic carbocycles. The molecular formula is C16H23N3O2S. The van der Waals surface area contributed by atoms with Crippen molar-refractivity contribution in [3.8, 4) is 0 Å². The van der Waals surface area contributed by atoms with Crippen LogP contribution in [0, 0.1) is 0 Å². The standard InChI is InChI=1S/C16H23N3O2S/c1-11(2)13-5-3-12(4-6-13)9-18-16(21)14(19-10-22)7-8-15(17)20/h3-6,10-11,14H,7-9H2,1-2H3,(H2,17,20)(H,18,21)(H,19,22). The Labute approximate surface area is 136 Å². The molecule has 0 saturated carbocycles. The first-order valence-electron chi connectivity index (χ1n) is 7.28. The van der Waals surface area contributed by atoms with Gasteiger partial charge in [-0.05, 0) is 23.5 Å². The predicted octanol–water partition coefficient (Wildman–Crippen LogP) is 1.61. The van der Waals surface area contributed by atoms with Crippen molar-refractivity contribution < 1.29 is 9.59 Å². The summed E-state index contributed by atoms with van der Waals surface area (Å²) in [5.74, 6) is -0.155. The number of carbonyl (C=O) groups is 2. The second-order valence-corrected chi connectivity index (χ2v) is 5.69. The number of rotatable bonds is 9. The lowest BCUT2D eigenvalue weighted by Gasteiger charge is -2.16. The monoisotopic (exact) mass is 321 g/mol. The van der Waals surface area contributed by atoms with Gasteiger partial charge in [-0.25, -0.2) is 0 Å². The summed E-state index contributed by atoms with van der Waals surface area (Å²) in [5, 5.41) is 5.60. The fourth-order valence-electron chi connectivity index (χ4n) is 1.99. The lowest BCUT2D eigenvalue weighted by molar-refractivity contribution is -0.123. The molecule has 1 atom stereocenters. The Morgan fingerprint density at radius 1 is 1.27 bits per heavy atom. The zero-order chi connectivity index (χ0) is 16.5. The molecule has 1 unspecified atom stereocenters. The van der Waals surface area contributed by atoms with E-state index in [-0.39, 0.29) is 12.3 Å². The zero-order valence-corrected chi connectivity index (χ0v) is 13.8. The van der Waals surface area contributed by atoms with Crippen molar-refractivity contribution in [2.75, 3.05) is 0 Å². The van der Waals surface area contributed by atoms with Gasteiger partial charge < -0.3 is 16.4 Å². The van der Waals surface area contributed by atoms with E-state index >= 15 is 0 Å². The molecule has 0 aliphatic heterocycles. The van der Waals surface area contributed by atoms with Crippen LogP contribution in [-0.2, 0) is 16.1 Å². The van der Waals surface area contributed by atoms with Gasteiger partial charge in [0.1, 0.15) is 6.04 Å². The molecule has 6 heteroatoms. The van der Waals surface area contributed by atoms with Crippen LogP contribution in [0.1, 0.15) is 43.7 Å². The van der Waals surface area contributed by atoms with E-state index in [1.54, 1.807) is 0 Å². The largest absolute Gasteiger partial charge is 0.371 e. The van der Waals surface area contributed by atoms with Crippen molar-refractivity contribution in [1.82, 2.24) is 10.6 Å². The van der Waals surface area contributed by atoms with Gasteiger partial charge >= 0.3 is 0 Å². The summed E-state index contributed by atoms with van der Waals surface area (Å²) < 4.78 is 0. The fourth-order valence-corrected chi connectivity index (χ4v) is 2.16. The van der Waals surface area contributed by atoms with Gasteiger partial charge in [-0.3, -0.25) is 9.59 Å². The van der Waals surface area contributed by atoms with Gasteiger partial charge in [-0.2, -0.15) is 0 Å². The lowest BCUT2D eigenvalue weighted by atomic mass is 10.0. The molecule has 120 valence electrons. The molecule has 5 nitrogen and oxygen atoms in total. The maximum absolute atomic E-state index is 12.1. The van der Waals surface area contributed by atoms with Crippen LogP contribution in [0.15, 0.2) is 24.3 Å². The van der Waals surface area contributed by atoms with Crippen molar-refractivity contribution >= 4 is 29.5 Å². The first-order valence-corrected chi connectivity index (χ1v) is 7.75. The number of hydrogen-bond acceptors (Lipinski definition) is 3. The van der Waals surface area contributed by atoms with Crippen molar-refractivity contribution in [2.45, 2.75) is 45.2 Å². The second kappa shape index (κ2) is 9.15. The van der Waals surface area contributed by atoms with E-state index in [0.717, 1.165) is 5.56 Å². The number of primary amides is 1. The van der Waals surface area contributed by atoms with Crippen LogP contribution in [0.25, 0.3) is 0 Å². The predicted molar refractivity (Wildman–Crippen MR) is 91.4 cm³/mol. The van der Waals surface area contributed by atoms with Crippen LogP contribution in [-0.4, -0.2) is 23.3 Å². The van der Waals surface area contributed by atoms with Gasteiger partial charge in [0.2, 0.25) is 11.8 Å². The smallest absolute Gasteiger partial charge is 0.242 e. The average molecular weight is 321 g/mol. The summed E-state index contributed by atoms with van der Waals surface area (Å²) in [5.41, 5.74) is 8.67. The van der Waals surface area contributed by atoms with Crippen molar-refractivity contribution in [3.63, 3.8) is 0 Å². The minimum Gasteiger partial charge on any atom is -0.371 e. The van der Waals surface area contributed by atoms with Crippen LogP contribution in [0.2, 0.25) is 0 Å². The summed E-state index contributed by atoms with van der Waals surface area (Å²) >= 11 is 4.71. The Hall–Kier alpha value is -1.95. The molecule has 0 heterocycles. The van der Waals surface area contributed by atoms with E-state index in [9.17, 15) is 9.59 Å². The number of carbonyl (C=O) groups excluding carboxylic acids is 2. The highest BCUT2D eigenvalue weighted by molar-refractivity contribution is 7.78. The van der Waals surface area contributed by atoms with E-state index < -0.39 is 11.9 Å². The van der Waals surface area contributed by atoms with E-state index in [0.29, 0.717) is 18.9 Å². The average Bonchev–Trinajstić information content (AvgIpc) is 2.49. The first-order chi connectivity index (χ1) is 10.4. The van der Waals surface area contributed by atoms with Crippen molar-refractivity contribution in [2.24, 2.45) is 5.73 Å². The normalized spacial score (nSPS) is 11.8. The molecule has 0 saturated heterocycles. The molecule has 0 radical (unpaired) electrons. The molecule has 1 aromatic carbocycles. The molecule has 4 N–H and O–H groups in total. The zero-order valence-electron chi connectivity index (χ0n) is 13.0. The van der Waals surface area contributed by atoms with Crippen LogP contribution < -0.4 is 16.4 Å². The van der Waals surface area contributed by atoms with E-state index in [1.807, 2.05) is 12.1 Å². The van der Waals surface area contributed by atoms with Gasteiger partial charge in [-0.1, -0.05) is 50.3 Å². The highest BCUT2D eigenvalue weighted by atomic mass is 32.1. The van der Waals surface area contributed by atoms with Crippen LogP contribution in [0.4, 0.5) is 0 Å². The van der Waals surface area contributed by atoms with Gasteiger partial charge in [0.25, 0.3) is 0 Å². The molecule has 22 heavy (non-hydrogen) atoms. The number of nitrogens with two attached hydrogens (primary N) is 1. The topological polar surface area (TPSA) is 84.2 Å². The Balaban J connectivity index is 2.54. The SMILES string of the molecule is CC(C)c1ccc(CNC(=O)C(CCC(N)=O)NC=S)cc1. The number of amides is 2. The molecule has 2 amide bonds. The summed E-state index contributed by atoms with van der Waals surface area (Å²) in [4.78, 5) is 22.9. The van der Waals surface area contributed by atoms with Gasteiger partial charge in [-0.15, -0.1) is 0 Å². The molecule has 1 aromatic rings. The number of nitrogens with one attached hydrogen (secondary N) is 2. The maximum atomic E-state index is 12.1. The van der Waals surface area contributed by atoms with Crippen LogP contribution >= 0.6 is 12.2 Å². The van der Waals surface area contributed by atoms with Gasteiger partial charge in [0.15, 0.2) is 0 Å². The highest BCUT2D eigenvalue weighted by Gasteiger charge is 2.17. The Bertz CT molecular complexity index is 515. The lowest BCUT2D eigenvalue weighted by Crippen LogP contribution is -2.43. The van der Waals surface area contributed by atoms with Gasteiger partial charge in [0, 0.05) is 13.0 Å². The number of hydrogen-bond donors (Lipinski definition) is 3. The van der Waals surface area contributed by atoms with Crippen LogP contribution in [0.5, 0.6) is 0 Å². The molecule has 0 aliphatic rings. The highest BCUT2D eigenvalue weighted by Crippen LogP contribution is 2.14. The fraction of sp³-hybridized carbons (Fsp3) is 0.438. The molecule has 1 rings (SSSR count). The Morgan fingerprint density at radius 2 is 1.91 bits per heavy atom. The minimum absolute atomic E-state index is 0.136. The quantitative estimate of drug-likeness (QED) is 0.603. The van der Waals surface area contributed by atoms with Gasteiger partial charge in [0.05, 0.1) is 5.49 Å². The number of benzene rings is 1. The van der Waals surface area contributed by atoms with E-state index in [4.69, 9.17) is 18.0 Å². The molecule has 0 bridgehead atoms. The summed E-state index contributed by atoms with van der Waals surface area (Å²) in [6.07, 6.45) is 0.456. The maximum Gasteiger partial charge on any atom is 0.242 e. The number of thiocarbonyl (C=S) groups is 1.